The average molecular weight is 222 g/mol. The SMILES string of the molecule is COCC(N)CN(C)CCc1ccccc1. The minimum absolute atomic E-state index is 0.103. The van der Waals surface area contributed by atoms with Crippen LogP contribution in [-0.4, -0.2) is 44.8 Å². The summed E-state index contributed by atoms with van der Waals surface area (Å²) >= 11 is 0. The third kappa shape index (κ3) is 5.26. The van der Waals surface area contributed by atoms with Crippen LogP contribution in [0.4, 0.5) is 0 Å². The predicted octanol–water partition coefficient (Wildman–Crippen LogP) is 1.13. The van der Waals surface area contributed by atoms with E-state index in [9.17, 15) is 0 Å². The molecule has 0 aromatic heterocycles. The van der Waals surface area contributed by atoms with E-state index in [0.717, 1.165) is 19.5 Å². The molecule has 1 unspecified atom stereocenters. The summed E-state index contributed by atoms with van der Waals surface area (Å²) in [5.74, 6) is 0. The van der Waals surface area contributed by atoms with Gasteiger partial charge in [0, 0.05) is 26.2 Å². The molecule has 2 N–H and O–H groups in total. The fourth-order valence-electron chi connectivity index (χ4n) is 1.72. The van der Waals surface area contributed by atoms with E-state index in [0.29, 0.717) is 6.61 Å². The number of benzene rings is 1. The van der Waals surface area contributed by atoms with Gasteiger partial charge in [0.1, 0.15) is 0 Å². The maximum atomic E-state index is 5.89. The molecule has 0 fully saturated rings. The monoisotopic (exact) mass is 222 g/mol. The quantitative estimate of drug-likeness (QED) is 0.751. The van der Waals surface area contributed by atoms with Crippen molar-refractivity contribution in [3.63, 3.8) is 0 Å². The maximum Gasteiger partial charge on any atom is 0.0626 e. The minimum Gasteiger partial charge on any atom is -0.383 e. The van der Waals surface area contributed by atoms with Crippen molar-refractivity contribution >= 4 is 0 Å². The molecule has 0 aliphatic carbocycles. The Balaban J connectivity index is 2.22. The van der Waals surface area contributed by atoms with Gasteiger partial charge in [0.25, 0.3) is 0 Å². The highest BCUT2D eigenvalue weighted by atomic mass is 16.5. The van der Waals surface area contributed by atoms with Crippen LogP contribution < -0.4 is 5.73 Å². The molecular weight excluding hydrogens is 200 g/mol. The van der Waals surface area contributed by atoms with E-state index >= 15 is 0 Å². The summed E-state index contributed by atoms with van der Waals surface area (Å²) in [6.45, 7) is 2.53. The first-order valence-electron chi connectivity index (χ1n) is 5.69. The summed E-state index contributed by atoms with van der Waals surface area (Å²) in [4.78, 5) is 2.25. The molecular formula is C13H22N2O. The van der Waals surface area contributed by atoms with Crippen molar-refractivity contribution in [1.29, 1.82) is 0 Å². The Labute approximate surface area is 98.2 Å². The van der Waals surface area contributed by atoms with Crippen molar-refractivity contribution < 1.29 is 4.74 Å². The molecule has 1 atom stereocenters. The second-order valence-corrected chi connectivity index (χ2v) is 4.21. The van der Waals surface area contributed by atoms with Crippen LogP contribution in [0.15, 0.2) is 30.3 Å². The highest BCUT2D eigenvalue weighted by molar-refractivity contribution is 5.14. The first-order chi connectivity index (χ1) is 7.72. The molecule has 0 saturated carbocycles. The largest absolute Gasteiger partial charge is 0.383 e. The van der Waals surface area contributed by atoms with Crippen LogP contribution >= 0.6 is 0 Å². The van der Waals surface area contributed by atoms with E-state index in [2.05, 4.69) is 36.2 Å². The topological polar surface area (TPSA) is 38.5 Å². The molecule has 0 aliphatic rings. The van der Waals surface area contributed by atoms with Gasteiger partial charge in [-0.25, -0.2) is 0 Å². The third-order valence-corrected chi connectivity index (χ3v) is 2.55. The van der Waals surface area contributed by atoms with Gasteiger partial charge in [-0.2, -0.15) is 0 Å². The van der Waals surface area contributed by atoms with E-state index in [-0.39, 0.29) is 6.04 Å². The van der Waals surface area contributed by atoms with Crippen LogP contribution in [0, 0.1) is 0 Å². The normalized spacial score (nSPS) is 13.0. The fraction of sp³-hybridized carbons (Fsp3) is 0.538. The van der Waals surface area contributed by atoms with Crippen molar-refractivity contribution in [3.05, 3.63) is 35.9 Å². The zero-order valence-corrected chi connectivity index (χ0v) is 10.2. The van der Waals surface area contributed by atoms with Crippen LogP contribution in [0.25, 0.3) is 0 Å². The second kappa shape index (κ2) is 7.39. The molecule has 16 heavy (non-hydrogen) atoms. The lowest BCUT2D eigenvalue weighted by atomic mass is 10.1. The van der Waals surface area contributed by atoms with Gasteiger partial charge in [-0.3, -0.25) is 0 Å². The van der Waals surface area contributed by atoms with Gasteiger partial charge in [0.15, 0.2) is 0 Å². The Morgan fingerprint density at radius 3 is 2.62 bits per heavy atom. The zero-order chi connectivity index (χ0) is 11.8. The maximum absolute atomic E-state index is 5.89. The number of methoxy groups -OCH3 is 1. The van der Waals surface area contributed by atoms with Crippen LogP contribution in [0.5, 0.6) is 0 Å². The number of nitrogens with zero attached hydrogens (tertiary/aromatic N) is 1. The number of likely N-dealkylation sites (N-methyl/N-ethyl adjacent to an activating group) is 1. The standard InChI is InChI=1S/C13H22N2O/c1-15(10-13(14)11-16-2)9-8-12-6-4-3-5-7-12/h3-7,13H,8-11,14H2,1-2H3. The van der Waals surface area contributed by atoms with Crippen LogP contribution in [-0.2, 0) is 11.2 Å². The van der Waals surface area contributed by atoms with Gasteiger partial charge in [-0.05, 0) is 19.0 Å². The first kappa shape index (κ1) is 13.2. The molecule has 0 radical (unpaired) electrons. The Morgan fingerprint density at radius 2 is 2.00 bits per heavy atom. The van der Waals surface area contributed by atoms with Crippen molar-refractivity contribution in [1.82, 2.24) is 4.90 Å². The first-order valence-corrected chi connectivity index (χ1v) is 5.69. The summed E-state index contributed by atoms with van der Waals surface area (Å²) in [7, 11) is 3.78. The van der Waals surface area contributed by atoms with Gasteiger partial charge in [-0.1, -0.05) is 30.3 Å². The van der Waals surface area contributed by atoms with Gasteiger partial charge in [-0.15, -0.1) is 0 Å². The van der Waals surface area contributed by atoms with Crippen molar-refractivity contribution in [2.75, 3.05) is 33.9 Å². The van der Waals surface area contributed by atoms with E-state index < -0.39 is 0 Å². The Bertz CT molecular complexity index is 277. The van der Waals surface area contributed by atoms with Gasteiger partial charge < -0.3 is 15.4 Å². The molecule has 1 aromatic rings. The number of nitrogens with two attached hydrogens (primary N) is 1. The lowest BCUT2D eigenvalue weighted by molar-refractivity contribution is 0.161. The van der Waals surface area contributed by atoms with Gasteiger partial charge in [0.05, 0.1) is 6.61 Å². The Hall–Kier alpha value is -0.900. The van der Waals surface area contributed by atoms with Crippen LogP contribution in [0.1, 0.15) is 5.56 Å². The molecule has 1 aromatic carbocycles. The summed E-state index contributed by atoms with van der Waals surface area (Å²) in [6.07, 6.45) is 1.07. The number of rotatable bonds is 7. The lowest BCUT2D eigenvalue weighted by Crippen LogP contribution is -2.39. The van der Waals surface area contributed by atoms with E-state index in [4.69, 9.17) is 10.5 Å². The highest BCUT2D eigenvalue weighted by Crippen LogP contribution is 2.00. The molecule has 90 valence electrons. The molecule has 3 heteroatoms. The van der Waals surface area contributed by atoms with Crippen LogP contribution in [0.3, 0.4) is 0 Å². The van der Waals surface area contributed by atoms with E-state index in [1.165, 1.54) is 5.56 Å². The van der Waals surface area contributed by atoms with Crippen molar-refractivity contribution in [2.24, 2.45) is 5.73 Å². The molecule has 0 saturated heterocycles. The average Bonchev–Trinajstić information content (AvgIpc) is 2.28. The zero-order valence-electron chi connectivity index (χ0n) is 10.2. The fourth-order valence-corrected chi connectivity index (χ4v) is 1.72. The molecule has 1 rings (SSSR count). The molecule has 0 amide bonds. The second-order valence-electron chi connectivity index (χ2n) is 4.21. The molecule has 0 bridgehead atoms. The van der Waals surface area contributed by atoms with Gasteiger partial charge in [0.2, 0.25) is 0 Å². The summed E-state index contributed by atoms with van der Waals surface area (Å²) < 4.78 is 5.02. The molecule has 0 aliphatic heterocycles. The molecule has 0 spiro atoms. The Morgan fingerprint density at radius 1 is 1.31 bits per heavy atom. The van der Waals surface area contributed by atoms with E-state index in [1.54, 1.807) is 7.11 Å². The lowest BCUT2D eigenvalue weighted by Gasteiger charge is -2.20. The third-order valence-electron chi connectivity index (χ3n) is 2.55. The molecule has 0 heterocycles. The molecule has 3 nitrogen and oxygen atoms in total. The summed E-state index contributed by atoms with van der Waals surface area (Å²) in [5.41, 5.74) is 7.26. The number of ether oxygens (including phenoxy) is 1. The number of hydrogen-bond acceptors (Lipinski definition) is 3. The summed E-state index contributed by atoms with van der Waals surface area (Å²) in [6, 6.07) is 10.6. The van der Waals surface area contributed by atoms with Crippen molar-refractivity contribution in [2.45, 2.75) is 12.5 Å². The highest BCUT2D eigenvalue weighted by Gasteiger charge is 2.06. The smallest absolute Gasteiger partial charge is 0.0626 e. The Kier molecular flexibility index (Phi) is 6.08. The number of hydrogen-bond donors (Lipinski definition) is 1. The van der Waals surface area contributed by atoms with Crippen LogP contribution in [0.2, 0.25) is 0 Å². The van der Waals surface area contributed by atoms with Gasteiger partial charge >= 0.3 is 0 Å². The van der Waals surface area contributed by atoms with Crippen molar-refractivity contribution in [3.8, 4) is 0 Å². The van der Waals surface area contributed by atoms with E-state index in [1.807, 2.05) is 6.07 Å². The minimum atomic E-state index is 0.103. The summed E-state index contributed by atoms with van der Waals surface area (Å²) in [5, 5.41) is 0. The predicted molar refractivity (Wildman–Crippen MR) is 67.5 cm³/mol.